The van der Waals surface area contributed by atoms with Gasteiger partial charge in [0.1, 0.15) is 11.9 Å². The van der Waals surface area contributed by atoms with Crippen LogP contribution in [0.25, 0.3) is 21.8 Å². The number of fused-ring (bicyclic) bond motifs is 3. The van der Waals surface area contributed by atoms with Gasteiger partial charge in [-0.1, -0.05) is 66.2 Å². The zero-order chi connectivity index (χ0) is 31.5. The van der Waals surface area contributed by atoms with Crippen molar-refractivity contribution >= 4 is 39.3 Å². The number of nitrogens with one attached hydrogen (secondary N) is 1. The molecule has 46 heavy (non-hydrogen) atoms. The van der Waals surface area contributed by atoms with Crippen LogP contribution in [0.3, 0.4) is 0 Å². The van der Waals surface area contributed by atoms with Crippen LogP contribution in [0.4, 0.5) is 0 Å². The SMILES string of the molecule is CCn1c2ccccc2c2cc(CN3CCC(Oc4ccc(C(=O)NC5CCN(Cc6ccccc6)CC5)cc4Cl)CC3)ccc21. The average Bonchev–Trinajstić information content (AvgIpc) is 3.40. The van der Waals surface area contributed by atoms with Crippen LogP contribution in [0.15, 0.2) is 91.0 Å². The molecule has 1 aromatic heterocycles. The molecule has 7 heteroatoms. The van der Waals surface area contributed by atoms with Crippen LogP contribution in [0.5, 0.6) is 5.75 Å². The van der Waals surface area contributed by atoms with Crippen LogP contribution in [0.2, 0.25) is 5.02 Å². The number of rotatable bonds is 9. The lowest BCUT2D eigenvalue weighted by Gasteiger charge is -2.32. The summed E-state index contributed by atoms with van der Waals surface area (Å²) in [6.07, 6.45) is 3.89. The number of likely N-dealkylation sites (tertiary alicyclic amines) is 2. The normalized spacial score (nSPS) is 17.1. The molecule has 5 aromatic rings. The van der Waals surface area contributed by atoms with Gasteiger partial charge in [0.05, 0.1) is 5.02 Å². The standard InChI is InChI=1S/C39H43ClN4O2/c1-2-44-36-11-7-6-10-33(36)34-24-29(12-14-37(34)44)27-43-22-18-32(19-23-43)46-38-15-13-30(25-35(38)40)39(45)41-31-16-20-42(21-17-31)26-28-8-4-3-5-9-28/h3-15,24-25,31-32H,2,16-23,26-27H2,1H3,(H,41,45). The van der Waals surface area contributed by atoms with Gasteiger partial charge in [-0.25, -0.2) is 0 Å². The lowest BCUT2D eigenvalue weighted by Crippen LogP contribution is -2.44. The monoisotopic (exact) mass is 634 g/mol. The first-order valence-corrected chi connectivity index (χ1v) is 17.2. The number of carbonyl (C=O) groups excluding carboxylic acids is 1. The third kappa shape index (κ3) is 6.80. The molecule has 0 atom stereocenters. The number of piperidine rings is 2. The fourth-order valence-corrected chi connectivity index (χ4v) is 7.47. The maximum Gasteiger partial charge on any atom is 0.251 e. The van der Waals surface area contributed by atoms with E-state index in [1.54, 1.807) is 6.07 Å². The molecule has 0 saturated carbocycles. The summed E-state index contributed by atoms with van der Waals surface area (Å²) in [6, 6.07) is 31.8. The Bertz CT molecular complexity index is 1800. The number of carbonyl (C=O) groups is 1. The van der Waals surface area contributed by atoms with Gasteiger partial charge in [-0.2, -0.15) is 0 Å². The number of benzene rings is 4. The van der Waals surface area contributed by atoms with Gasteiger partial charge in [0.15, 0.2) is 0 Å². The van der Waals surface area contributed by atoms with Crippen molar-refractivity contribution in [3.8, 4) is 5.75 Å². The summed E-state index contributed by atoms with van der Waals surface area (Å²) >= 11 is 6.65. The summed E-state index contributed by atoms with van der Waals surface area (Å²) in [5, 5.41) is 6.38. The Morgan fingerprint density at radius 2 is 1.43 bits per heavy atom. The van der Waals surface area contributed by atoms with Crippen molar-refractivity contribution in [3.63, 3.8) is 0 Å². The summed E-state index contributed by atoms with van der Waals surface area (Å²) in [6.45, 7) is 8.97. The highest BCUT2D eigenvalue weighted by atomic mass is 35.5. The lowest BCUT2D eigenvalue weighted by molar-refractivity contribution is 0.0908. The maximum absolute atomic E-state index is 13.0. The summed E-state index contributed by atoms with van der Waals surface area (Å²) in [4.78, 5) is 18.0. The summed E-state index contributed by atoms with van der Waals surface area (Å²) < 4.78 is 8.75. The largest absolute Gasteiger partial charge is 0.489 e. The van der Waals surface area contributed by atoms with E-state index >= 15 is 0 Å². The first-order valence-electron chi connectivity index (χ1n) is 16.8. The van der Waals surface area contributed by atoms with Gasteiger partial charge in [-0.3, -0.25) is 14.6 Å². The van der Waals surface area contributed by atoms with Crippen molar-refractivity contribution in [2.75, 3.05) is 26.2 Å². The second-order valence-corrected chi connectivity index (χ2v) is 13.3. The highest BCUT2D eigenvalue weighted by Crippen LogP contribution is 2.31. The molecule has 4 aromatic carbocycles. The van der Waals surface area contributed by atoms with Crippen LogP contribution in [-0.2, 0) is 19.6 Å². The van der Waals surface area contributed by atoms with Gasteiger partial charge in [-0.05, 0) is 80.1 Å². The number of halogens is 1. The Hall–Kier alpha value is -3.84. The van der Waals surface area contributed by atoms with Crippen molar-refractivity contribution < 1.29 is 9.53 Å². The molecule has 0 unspecified atom stereocenters. The minimum Gasteiger partial charge on any atom is -0.489 e. The molecule has 1 N–H and O–H groups in total. The Labute approximate surface area is 276 Å². The van der Waals surface area contributed by atoms with Crippen molar-refractivity contribution in [3.05, 3.63) is 113 Å². The molecular formula is C39H43ClN4O2. The summed E-state index contributed by atoms with van der Waals surface area (Å²) in [5.74, 6) is 0.587. The molecule has 0 bridgehead atoms. The van der Waals surface area contributed by atoms with Gasteiger partial charge in [0.25, 0.3) is 5.91 Å². The highest BCUT2D eigenvalue weighted by Gasteiger charge is 2.24. The van der Waals surface area contributed by atoms with Gasteiger partial charge in [-0.15, -0.1) is 0 Å². The number of aryl methyl sites for hydroxylation is 1. The first kappa shape index (κ1) is 30.8. The number of hydrogen-bond acceptors (Lipinski definition) is 4. The summed E-state index contributed by atoms with van der Waals surface area (Å²) in [5.41, 5.74) is 5.87. The molecule has 238 valence electrons. The smallest absolute Gasteiger partial charge is 0.251 e. The van der Waals surface area contributed by atoms with E-state index in [0.717, 1.165) is 71.5 Å². The Morgan fingerprint density at radius 1 is 0.761 bits per heavy atom. The molecule has 1 amide bonds. The number of ether oxygens (including phenoxy) is 1. The fourth-order valence-electron chi connectivity index (χ4n) is 7.25. The zero-order valence-corrected chi connectivity index (χ0v) is 27.4. The van der Waals surface area contributed by atoms with Gasteiger partial charge < -0.3 is 14.6 Å². The summed E-state index contributed by atoms with van der Waals surface area (Å²) in [7, 11) is 0. The quantitative estimate of drug-likeness (QED) is 0.179. The number of para-hydroxylation sites is 1. The van der Waals surface area contributed by atoms with E-state index in [-0.39, 0.29) is 18.1 Å². The molecule has 7 rings (SSSR count). The third-order valence-electron chi connectivity index (χ3n) is 9.75. The van der Waals surface area contributed by atoms with E-state index in [1.807, 2.05) is 12.1 Å². The zero-order valence-electron chi connectivity index (χ0n) is 26.6. The Kier molecular flexibility index (Phi) is 9.29. The van der Waals surface area contributed by atoms with Crippen LogP contribution in [0.1, 0.15) is 54.1 Å². The van der Waals surface area contributed by atoms with Crippen molar-refractivity contribution in [1.82, 2.24) is 19.7 Å². The minimum absolute atomic E-state index is 0.0688. The Balaban J connectivity index is 0.890. The lowest BCUT2D eigenvalue weighted by atomic mass is 10.0. The number of hydrogen-bond donors (Lipinski definition) is 1. The molecule has 2 saturated heterocycles. The molecule has 0 aliphatic carbocycles. The second kappa shape index (κ2) is 13.9. The first-order chi connectivity index (χ1) is 22.5. The average molecular weight is 635 g/mol. The topological polar surface area (TPSA) is 49.7 Å². The van der Waals surface area contributed by atoms with Gasteiger partial charge in [0.2, 0.25) is 0 Å². The Morgan fingerprint density at radius 3 is 2.17 bits per heavy atom. The van der Waals surface area contributed by atoms with Gasteiger partial charge >= 0.3 is 0 Å². The van der Waals surface area contributed by atoms with E-state index in [1.165, 1.54) is 32.9 Å². The van der Waals surface area contributed by atoms with Crippen molar-refractivity contribution in [1.29, 1.82) is 0 Å². The predicted octanol–water partition coefficient (Wildman–Crippen LogP) is 7.91. The predicted molar refractivity (Wildman–Crippen MR) is 188 cm³/mol. The maximum atomic E-state index is 13.0. The number of amides is 1. The van der Waals surface area contributed by atoms with Crippen LogP contribution in [-0.4, -0.2) is 58.6 Å². The molecule has 0 radical (unpaired) electrons. The van der Waals surface area contributed by atoms with E-state index < -0.39 is 0 Å². The molecule has 2 aliphatic heterocycles. The molecule has 2 aliphatic rings. The van der Waals surface area contributed by atoms with E-state index in [2.05, 4.69) is 99.4 Å². The fraction of sp³-hybridized carbons (Fsp3) is 0.359. The molecule has 0 spiro atoms. The molecule has 2 fully saturated rings. The van der Waals surface area contributed by atoms with Crippen molar-refractivity contribution in [2.24, 2.45) is 0 Å². The third-order valence-corrected chi connectivity index (χ3v) is 10.0. The minimum atomic E-state index is -0.0688. The second-order valence-electron chi connectivity index (χ2n) is 12.9. The van der Waals surface area contributed by atoms with Crippen LogP contribution >= 0.6 is 11.6 Å². The molecular weight excluding hydrogens is 592 g/mol. The van der Waals surface area contributed by atoms with E-state index in [9.17, 15) is 4.79 Å². The van der Waals surface area contributed by atoms with E-state index in [4.69, 9.17) is 16.3 Å². The molecule has 6 nitrogen and oxygen atoms in total. The van der Waals surface area contributed by atoms with Crippen LogP contribution in [0, 0.1) is 0 Å². The molecule has 3 heterocycles. The highest BCUT2D eigenvalue weighted by molar-refractivity contribution is 6.32. The van der Waals surface area contributed by atoms with Gasteiger partial charge in [0, 0.05) is 79.2 Å². The number of nitrogens with zero attached hydrogens (tertiary/aromatic N) is 3. The van der Waals surface area contributed by atoms with Crippen LogP contribution < -0.4 is 10.1 Å². The van der Waals surface area contributed by atoms with Crippen molar-refractivity contribution in [2.45, 2.75) is 64.4 Å². The van der Waals surface area contributed by atoms with E-state index in [0.29, 0.717) is 16.3 Å². The number of aromatic nitrogens is 1.